The summed E-state index contributed by atoms with van der Waals surface area (Å²) in [7, 11) is 0. The highest BCUT2D eigenvalue weighted by Crippen LogP contribution is 2.32. The molecule has 94 valence electrons. The first-order chi connectivity index (χ1) is 8.57. The van der Waals surface area contributed by atoms with Gasteiger partial charge in [-0.3, -0.25) is 4.84 Å². The normalized spacial score (nSPS) is 22.9. The van der Waals surface area contributed by atoms with Crippen LogP contribution in [-0.4, -0.2) is 10.7 Å². The van der Waals surface area contributed by atoms with Crippen molar-refractivity contribution < 1.29 is 4.84 Å². The van der Waals surface area contributed by atoms with E-state index in [1.54, 1.807) is 6.92 Å². The first kappa shape index (κ1) is 13.0. The molecule has 0 aliphatic carbocycles. The number of hydrogen-bond acceptors (Lipinski definition) is 4. The number of nitriles is 1. The average Bonchev–Trinajstić information content (AvgIpc) is 2.60. The second-order valence-corrected chi connectivity index (χ2v) is 4.70. The van der Waals surface area contributed by atoms with Gasteiger partial charge < -0.3 is 5.32 Å². The van der Waals surface area contributed by atoms with Crippen molar-refractivity contribution in [3.8, 4) is 6.07 Å². The molecule has 1 unspecified atom stereocenters. The maximum atomic E-state index is 9.15. The van der Waals surface area contributed by atoms with Crippen LogP contribution in [0.4, 0.5) is 0 Å². The molecule has 1 aromatic rings. The number of hydrogen-bond donors (Lipinski definition) is 1. The van der Waals surface area contributed by atoms with Crippen molar-refractivity contribution in [2.45, 2.75) is 19.2 Å². The Labute approximate surface area is 115 Å². The molecule has 1 aromatic carbocycles. The first-order valence-electron chi connectivity index (χ1n) is 5.28. The number of halogens is 2. The molecule has 1 heterocycles. The lowest BCUT2D eigenvalue weighted by Gasteiger charge is -2.29. The summed E-state index contributed by atoms with van der Waals surface area (Å²) in [6.07, 6.45) is 0. The minimum absolute atomic E-state index is 0.177. The van der Waals surface area contributed by atoms with E-state index in [0.717, 1.165) is 5.56 Å². The number of nitrogens with one attached hydrogen (secondary N) is 1. The number of rotatable bonds is 3. The van der Waals surface area contributed by atoms with Crippen LogP contribution in [0.3, 0.4) is 0 Å². The second kappa shape index (κ2) is 5.07. The monoisotopic (exact) mass is 283 g/mol. The third-order valence-electron chi connectivity index (χ3n) is 2.54. The summed E-state index contributed by atoms with van der Waals surface area (Å²) in [5.41, 5.74) is -0.117. The van der Waals surface area contributed by atoms with Crippen LogP contribution in [-0.2, 0) is 11.4 Å². The lowest BCUT2D eigenvalue weighted by Crippen LogP contribution is -2.48. The van der Waals surface area contributed by atoms with E-state index < -0.39 is 5.66 Å². The Balaban J connectivity index is 2.10. The molecule has 0 amide bonds. The topological polar surface area (TPSA) is 48.3 Å². The second-order valence-electron chi connectivity index (χ2n) is 3.97. The fraction of sp³-hybridized carbons (Fsp3) is 0.250. The standard InChI is InChI=1S/C12H11Cl2N3O/c1-12(8-15)16-10(13)11(14)17(12)18-7-9-5-3-2-4-6-9/h2-6,16H,7H2,1H3. The summed E-state index contributed by atoms with van der Waals surface area (Å²) in [5, 5.41) is 13.6. The predicted octanol–water partition coefficient (Wildman–Crippen LogP) is 2.87. The number of nitrogens with zero attached hydrogens (tertiary/aromatic N) is 2. The summed E-state index contributed by atoms with van der Waals surface area (Å²) < 4.78 is 0. The van der Waals surface area contributed by atoms with Gasteiger partial charge in [-0.05, 0) is 12.5 Å². The molecule has 0 aromatic heterocycles. The van der Waals surface area contributed by atoms with Crippen molar-refractivity contribution in [3.63, 3.8) is 0 Å². The Morgan fingerprint density at radius 1 is 1.39 bits per heavy atom. The smallest absolute Gasteiger partial charge is 0.222 e. The zero-order valence-electron chi connectivity index (χ0n) is 9.65. The van der Waals surface area contributed by atoms with Crippen LogP contribution in [0.15, 0.2) is 40.6 Å². The summed E-state index contributed by atoms with van der Waals surface area (Å²) in [5.74, 6) is 0. The molecule has 0 radical (unpaired) electrons. The van der Waals surface area contributed by atoms with Gasteiger partial charge in [0.2, 0.25) is 5.66 Å². The zero-order chi connectivity index (χ0) is 13.2. The van der Waals surface area contributed by atoms with Crippen molar-refractivity contribution in [2.75, 3.05) is 0 Å². The van der Waals surface area contributed by atoms with E-state index in [2.05, 4.69) is 11.4 Å². The molecule has 0 spiro atoms. The molecule has 1 atom stereocenters. The summed E-state index contributed by atoms with van der Waals surface area (Å²) in [6, 6.07) is 11.7. The third-order valence-corrected chi connectivity index (χ3v) is 3.25. The lowest BCUT2D eigenvalue weighted by atomic mass is 10.2. The highest BCUT2D eigenvalue weighted by atomic mass is 35.5. The van der Waals surface area contributed by atoms with Gasteiger partial charge in [0.05, 0.1) is 0 Å². The molecule has 0 saturated carbocycles. The van der Waals surface area contributed by atoms with E-state index in [0.29, 0.717) is 6.61 Å². The molecule has 2 rings (SSSR count). The van der Waals surface area contributed by atoms with Crippen LogP contribution >= 0.6 is 23.2 Å². The van der Waals surface area contributed by atoms with E-state index in [1.165, 1.54) is 5.06 Å². The SMILES string of the molecule is CC1(C#N)NC(Cl)=C(Cl)N1OCc1ccccc1. The summed E-state index contributed by atoms with van der Waals surface area (Å²) >= 11 is 11.9. The molecular formula is C12H11Cl2N3O. The van der Waals surface area contributed by atoms with E-state index in [-0.39, 0.29) is 10.3 Å². The van der Waals surface area contributed by atoms with Gasteiger partial charge in [-0.2, -0.15) is 10.3 Å². The highest BCUT2D eigenvalue weighted by molar-refractivity contribution is 6.39. The van der Waals surface area contributed by atoms with Crippen LogP contribution < -0.4 is 5.32 Å². The van der Waals surface area contributed by atoms with E-state index in [4.69, 9.17) is 33.3 Å². The van der Waals surface area contributed by atoms with Gasteiger partial charge in [-0.25, -0.2) is 0 Å². The Morgan fingerprint density at radius 3 is 2.67 bits per heavy atom. The van der Waals surface area contributed by atoms with Gasteiger partial charge in [-0.15, -0.1) is 0 Å². The largest absolute Gasteiger partial charge is 0.337 e. The molecule has 0 saturated heterocycles. The van der Waals surface area contributed by atoms with Gasteiger partial charge in [0.15, 0.2) is 5.16 Å². The van der Waals surface area contributed by atoms with Gasteiger partial charge in [0, 0.05) is 0 Å². The van der Waals surface area contributed by atoms with E-state index >= 15 is 0 Å². The fourth-order valence-electron chi connectivity index (χ4n) is 1.57. The van der Waals surface area contributed by atoms with Crippen molar-refractivity contribution in [1.29, 1.82) is 5.26 Å². The number of benzene rings is 1. The maximum Gasteiger partial charge on any atom is 0.222 e. The van der Waals surface area contributed by atoms with Crippen molar-refractivity contribution >= 4 is 23.2 Å². The summed E-state index contributed by atoms with van der Waals surface area (Å²) in [4.78, 5) is 5.55. The predicted molar refractivity (Wildman–Crippen MR) is 69.0 cm³/mol. The molecule has 1 N–H and O–H groups in total. The van der Waals surface area contributed by atoms with Crippen LogP contribution in [0, 0.1) is 11.3 Å². The van der Waals surface area contributed by atoms with Crippen molar-refractivity contribution in [3.05, 3.63) is 46.2 Å². The Kier molecular flexibility index (Phi) is 3.67. The Morgan fingerprint density at radius 2 is 2.06 bits per heavy atom. The molecule has 0 bridgehead atoms. The van der Waals surface area contributed by atoms with Gasteiger partial charge >= 0.3 is 0 Å². The molecule has 0 fully saturated rings. The molecule has 1 aliphatic heterocycles. The van der Waals surface area contributed by atoms with Crippen molar-refractivity contribution in [1.82, 2.24) is 10.4 Å². The Bertz CT molecular complexity index is 512. The van der Waals surface area contributed by atoms with Crippen LogP contribution in [0.5, 0.6) is 0 Å². The van der Waals surface area contributed by atoms with Crippen LogP contribution in [0.25, 0.3) is 0 Å². The lowest BCUT2D eigenvalue weighted by molar-refractivity contribution is -0.176. The minimum Gasteiger partial charge on any atom is -0.337 e. The number of hydroxylamine groups is 2. The quantitative estimate of drug-likeness (QED) is 0.867. The third kappa shape index (κ3) is 2.39. The zero-order valence-corrected chi connectivity index (χ0v) is 11.2. The fourth-order valence-corrected chi connectivity index (χ4v) is 2.10. The van der Waals surface area contributed by atoms with E-state index in [9.17, 15) is 0 Å². The Hall–Kier alpha value is -1.41. The minimum atomic E-state index is -1.09. The first-order valence-corrected chi connectivity index (χ1v) is 6.04. The highest BCUT2D eigenvalue weighted by Gasteiger charge is 2.42. The molecular weight excluding hydrogens is 273 g/mol. The van der Waals surface area contributed by atoms with Crippen LogP contribution in [0.2, 0.25) is 0 Å². The van der Waals surface area contributed by atoms with Gasteiger partial charge in [-0.1, -0.05) is 53.5 Å². The maximum absolute atomic E-state index is 9.15. The van der Waals surface area contributed by atoms with Crippen molar-refractivity contribution in [2.24, 2.45) is 0 Å². The van der Waals surface area contributed by atoms with Crippen LogP contribution in [0.1, 0.15) is 12.5 Å². The molecule has 4 nitrogen and oxygen atoms in total. The summed E-state index contributed by atoms with van der Waals surface area (Å²) in [6.45, 7) is 1.94. The molecule has 18 heavy (non-hydrogen) atoms. The van der Waals surface area contributed by atoms with Gasteiger partial charge in [0.25, 0.3) is 0 Å². The average molecular weight is 284 g/mol. The molecule has 1 aliphatic rings. The molecule has 6 heteroatoms. The van der Waals surface area contributed by atoms with Gasteiger partial charge in [0.1, 0.15) is 17.8 Å². The van der Waals surface area contributed by atoms with E-state index in [1.807, 2.05) is 30.3 Å².